The predicted molar refractivity (Wildman–Crippen MR) is 65.9 cm³/mol. The third-order valence-corrected chi connectivity index (χ3v) is 3.47. The maximum absolute atomic E-state index is 11.4. The summed E-state index contributed by atoms with van der Waals surface area (Å²) in [6.07, 6.45) is 0.583. The average Bonchev–Trinajstić information content (AvgIpc) is 2.72. The van der Waals surface area contributed by atoms with Gasteiger partial charge in [0.2, 0.25) is 0 Å². The third kappa shape index (κ3) is 2.76. The number of aliphatic hydroxyl groups is 1. The first kappa shape index (κ1) is 14.0. The van der Waals surface area contributed by atoms with Crippen LogP contribution in [0.1, 0.15) is 43.4 Å². The molecule has 7 heteroatoms. The van der Waals surface area contributed by atoms with Crippen molar-refractivity contribution < 1.29 is 19.7 Å². The molecule has 7 nitrogen and oxygen atoms in total. The molecule has 1 fully saturated rings. The van der Waals surface area contributed by atoms with E-state index in [1.54, 1.807) is 11.5 Å². The van der Waals surface area contributed by atoms with Gasteiger partial charge in [0.15, 0.2) is 6.04 Å². The van der Waals surface area contributed by atoms with E-state index in [-0.39, 0.29) is 5.92 Å². The van der Waals surface area contributed by atoms with Crippen LogP contribution >= 0.6 is 0 Å². The molecule has 2 rings (SSSR count). The number of aromatic nitrogens is 3. The number of carboxylic acids is 1. The number of carboxylic acid groups (broad SMARTS) is 1. The molecular formula is C12H19N3O4. The van der Waals surface area contributed by atoms with Crippen molar-refractivity contribution in [3.63, 3.8) is 0 Å². The van der Waals surface area contributed by atoms with Crippen LogP contribution < -0.4 is 0 Å². The Morgan fingerprint density at radius 2 is 2.05 bits per heavy atom. The molecule has 1 aliphatic heterocycles. The molecule has 1 saturated heterocycles. The molecule has 0 saturated carbocycles. The Balaban J connectivity index is 2.38. The molecule has 0 radical (unpaired) electrons. The topological polar surface area (TPSA) is 97.5 Å². The van der Waals surface area contributed by atoms with Crippen molar-refractivity contribution in [1.82, 2.24) is 14.8 Å². The van der Waals surface area contributed by atoms with Gasteiger partial charge in [-0.1, -0.05) is 0 Å². The number of hydrogen-bond donors (Lipinski definition) is 2. The van der Waals surface area contributed by atoms with Gasteiger partial charge in [-0.15, -0.1) is 10.2 Å². The van der Waals surface area contributed by atoms with E-state index in [9.17, 15) is 15.0 Å². The van der Waals surface area contributed by atoms with Crippen LogP contribution in [0.5, 0.6) is 0 Å². The number of nitrogens with zero attached hydrogens (tertiary/aromatic N) is 3. The highest BCUT2D eigenvalue weighted by atomic mass is 16.5. The molecule has 2 unspecified atom stereocenters. The number of hydrogen-bond acceptors (Lipinski definition) is 5. The predicted octanol–water partition coefficient (Wildman–Crippen LogP) is 0.487. The van der Waals surface area contributed by atoms with Crippen LogP contribution in [0.3, 0.4) is 0 Å². The Morgan fingerprint density at radius 3 is 2.58 bits per heavy atom. The summed E-state index contributed by atoms with van der Waals surface area (Å²) in [5.74, 6) is 0.200. The fourth-order valence-corrected chi connectivity index (χ4v) is 2.50. The van der Waals surface area contributed by atoms with Crippen LogP contribution in [0, 0.1) is 6.92 Å². The van der Waals surface area contributed by atoms with E-state index in [4.69, 9.17) is 4.74 Å². The van der Waals surface area contributed by atoms with Gasteiger partial charge in [0, 0.05) is 19.1 Å². The minimum absolute atomic E-state index is 0.135. The van der Waals surface area contributed by atoms with E-state index < -0.39 is 18.1 Å². The standard InChI is InChI=1S/C12H19N3O4/c1-7(16)10(12(17)18)15-8(2)13-14-11(15)9-3-5-19-6-4-9/h7,9-10,16H,3-6H2,1-2H3,(H,17,18). The molecule has 0 amide bonds. The van der Waals surface area contributed by atoms with E-state index in [2.05, 4.69) is 10.2 Å². The highest BCUT2D eigenvalue weighted by molar-refractivity contribution is 5.72. The Hall–Kier alpha value is -1.47. The van der Waals surface area contributed by atoms with Gasteiger partial charge in [0.25, 0.3) is 0 Å². The molecule has 19 heavy (non-hydrogen) atoms. The van der Waals surface area contributed by atoms with Crippen LogP contribution in [0.25, 0.3) is 0 Å². The average molecular weight is 269 g/mol. The molecule has 2 heterocycles. The number of rotatable bonds is 4. The summed E-state index contributed by atoms with van der Waals surface area (Å²) in [6.45, 7) is 4.45. The highest BCUT2D eigenvalue weighted by Crippen LogP contribution is 2.29. The lowest BCUT2D eigenvalue weighted by Gasteiger charge is -2.25. The van der Waals surface area contributed by atoms with Gasteiger partial charge in [-0.3, -0.25) is 4.57 Å². The second-order valence-corrected chi connectivity index (χ2v) is 4.89. The summed E-state index contributed by atoms with van der Waals surface area (Å²) in [5, 5.41) is 27.1. The van der Waals surface area contributed by atoms with Crippen molar-refractivity contribution in [1.29, 1.82) is 0 Å². The summed E-state index contributed by atoms with van der Waals surface area (Å²) in [6, 6.07) is -1.05. The number of aryl methyl sites for hydroxylation is 1. The van der Waals surface area contributed by atoms with Crippen LogP contribution in [0.4, 0.5) is 0 Å². The smallest absolute Gasteiger partial charge is 0.329 e. The molecule has 2 atom stereocenters. The van der Waals surface area contributed by atoms with Crippen molar-refractivity contribution in [3.05, 3.63) is 11.6 Å². The molecule has 0 aromatic carbocycles. The van der Waals surface area contributed by atoms with Crippen molar-refractivity contribution in [2.24, 2.45) is 0 Å². The van der Waals surface area contributed by atoms with Gasteiger partial charge < -0.3 is 14.9 Å². The van der Waals surface area contributed by atoms with Crippen LogP contribution in [-0.2, 0) is 9.53 Å². The lowest BCUT2D eigenvalue weighted by molar-refractivity contribution is -0.144. The number of ether oxygens (including phenoxy) is 1. The van der Waals surface area contributed by atoms with E-state index in [0.29, 0.717) is 24.9 Å². The van der Waals surface area contributed by atoms with Crippen molar-refractivity contribution in [3.8, 4) is 0 Å². The zero-order chi connectivity index (χ0) is 14.0. The summed E-state index contributed by atoms with van der Waals surface area (Å²) in [5.41, 5.74) is 0. The van der Waals surface area contributed by atoms with Gasteiger partial charge >= 0.3 is 5.97 Å². The van der Waals surface area contributed by atoms with Gasteiger partial charge in [0.1, 0.15) is 11.6 Å². The summed E-state index contributed by atoms with van der Waals surface area (Å²) in [7, 11) is 0. The molecular weight excluding hydrogens is 250 g/mol. The van der Waals surface area contributed by atoms with Crippen molar-refractivity contribution >= 4 is 5.97 Å². The third-order valence-electron chi connectivity index (χ3n) is 3.47. The maximum atomic E-state index is 11.4. The summed E-state index contributed by atoms with van der Waals surface area (Å²) >= 11 is 0. The van der Waals surface area contributed by atoms with E-state index in [1.807, 2.05) is 0 Å². The first-order valence-electron chi connectivity index (χ1n) is 6.42. The molecule has 106 valence electrons. The lowest BCUT2D eigenvalue weighted by atomic mass is 9.98. The lowest BCUT2D eigenvalue weighted by Crippen LogP contribution is -2.32. The molecule has 1 aromatic heterocycles. The Labute approximate surface area is 111 Å². The van der Waals surface area contributed by atoms with Gasteiger partial charge in [-0.25, -0.2) is 4.79 Å². The van der Waals surface area contributed by atoms with E-state index in [1.165, 1.54) is 6.92 Å². The maximum Gasteiger partial charge on any atom is 0.329 e. The second kappa shape index (κ2) is 5.66. The molecule has 0 aliphatic carbocycles. The first-order valence-corrected chi connectivity index (χ1v) is 6.42. The van der Waals surface area contributed by atoms with E-state index in [0.717, 1.165) is 12.8 Å². The zero-order valence-corrected chi connectivity index (χ0v) is 11.1. The monoisotopic (exact) mass is 269 g/mol. The molecule has 1 aromatic rings. The fraction of sp³-hybridized carbons (Fsp3) is 0.750. The van der Waals surface area contributed by atoms with Crippen LogP contribution in [0.15, 0.2) is 0 Å². The highest BCUT2D eigenvalue weighted by Gasteiger charge is 2.32. The first-order chi connectivity index (χ1) is 9.02. The second-order valence-electron chi connectivity index (χ2n) is 4.89. The largest absolute Gasteiger partial charge is 0.480 e. The minimum atomic E-state index is -1.08. The van der Waals surface area contributed by atoms with Gasteiger partial charge in [-0.2, -0.15) is 0 Å². The van der Waals surface area contributed by atoms with Gasteiger partial charge in [0.05, 0.1) is 6.10 Å². The van der Waals surface area contributed by atoms with Crippen LogP contribution in [0.2, 0.25) is 0 Å². The number of aliphatic carboxylic acids is 1. The van der Waals surface area contributed by atoms with Crippen LogP contribution in [-0.4, -0.2) is 50.3 Å². The summed E-state index contributed by atoms with van der Waals surface area (Å²) < 4.78 is 6.84. The molecule has 0 spiro atoms. The normalized spacial score (nSPS) is 20.2. The van der Waals surface area contributed by atoms with Crippen molar-refractivity contribution in [2.75, 3.05) is 13.2 Å². The van der Waals surface area contributed by atoms with Crippen molar-refractivity contribution in [2.45, 2.75) is 44.8 Å². The van der Waals surface area contributed by atoms with E-state index >= 15 is 0 Å². The number of aliphatic hydroxyl groups excluding tert-OH is 1. The fourth-order valence-electron chi connectivity index (χ4n) is 2.50. The molecule has 2 N–H and O–H groups in total. The Morgan fingerprint density at radius 1 is 1.42 bits per heavy atom. The van der Waals surface area contributed by atoms with Gasteiger partial charge in [-0.05, 0) is 26.7 Å². The molecule has 0 bridgehead atoms. The quantitative estimate of drug-likeness (QED) is 0.825. The minimum Gasteiger partial charge on any atom is -0.480 e. The Kier molecular flexibility index (Phi) is 4.16. The summed E-state index contributed by atoms with van der Waals surface area (Å²) in [4.78, 5) is 11.4. The number of carbonyl (C=O) groups is 1. The Bertz CT molecular complexity index is 452. The SMILES string of the molecule is Cc1nnc(C2CCOCC2)n1C(C(=O)O)C(C)O. The molecule has 1 aliphatic rings. The zero-order valence-electron chi connectivity index (χ0n) is 11.1.